The van der Waals surface area contributed by atoms with Crippen LogP contribution in [0.3, 0.4) is 0 Å². The number of aldehydes is 1. The summed E-state index contributed by atoms with van der Waals surface area (Å²) in [6.07, 6.45) is 1.07. The molecule has 0 aliphatic rings. The van der Waals surface area contributed by atoms with Crippen LogP contribution in [-0.2, 0) is 0 Å². The van der Waals surface area contributed by atoms with Gasteiger partial charge in [-0.15, -0.1) is 11.3 Å². The van der Waals surface area contributed by atoms with Gasteiger partial charge in [-0.05, 0) is 17.0 Å². The molecule has 0 aromatic carbocycles. The molecular weight excluding hydrogens is 172 g/mol. The van der Waals surface area contributed by atoms with E-state index in [9.17, 15) is 4.79 Å². The summed E-state index contributed by atoms with van der Waals surface area (Å²) in [5, 5.41) is 10.2. The number of nitriles is 1. The first kappa shape index (κ1) is 8.91. The molecule has 0 aliphatic heterocycles. The minimum atomic E-state index is -0.264. The van der Waals surface area contributed by atoms with Crippen LogP contribution in [0.5, 0.6) is 0 Å². The molecular formula is C8H8N2OS. The van der Waals surface area contributed by atoms with Crippen molar-refractivity contribution in [1.82, 2.24) is 0 Å². The van der Waals surface area contributed by atoms with E-state index in [0.717, 1.165) is 11.8 Å². The van der Waals surface area contributed by atoms with Crippen molar-refractivity contribution in [3.8, 4) is 6.07 Å². The highest BCUT2D eigenvalue weighted by atomic mass is 32.1. The molecule has 1 unspecified atom stereocenters. The Morgan fingerprint density at radius 3 is 3.08 bits per heavy atom. The molecule has 1 aromatic heterocycles. The Labute approximate surface area is 74.4 Å². The van der Waals surface area contributed by atoms with E-state index in [2.05, 4.69) is 0 Å². The molecule has 0 saturated carbocycles. The highest BCUT2D eigenvalue weighted by Gasteiger charge is 2.07. The minimum absolute atomic E-state index is 0.264. The van der Waals surface area contributed by atoms with Crippen LogP contribution >= 0.6 is 11.3 Å². The second-order valence-electron chi connectivity index (χ2n) is 2.37. The average molecular weight is 180 g/mol. The maximum atomic E-state index is 10.3. The fourth-order valence-electron chi connectivity index (χ4n) is 0.841. The summed E-state index contributed by atoms with van der Waals surface area (Å²) in [7, 11) is 0. The summed E-state index contributed by atoms with van der Waals surface area (Å²) in [5.41, 5.74) is 6.51. The first-order valence-corrected chi connectivity index (χ1v) is 4.32. The molecule has 1 atom stereocenters. The third-order valence-electron chi connectivity index (χ3n) is 1.50. The van der Waals surface area contributed by atoms with Crippen molar-refractivity contribution < 1.29 is 4.79 Å². The Morgan fingerprint density at radius 2 is 2.58 bits per heavy atom. The van der Waals surface area contributed by atoms with Crippen LogP contribution in [0, 0.1) is 11.3 Å². The Morgan fingerprint density at radius 1 is 1.83 bits per heavy atom. The molecule has 1 aromatic rings. The summed E-state index contributed by atoms with van der Waals surface area (Å²) >= 11 is 1.35. The van der Waals surface area contributed by atoms with E-state index in [1.54, 1.807) is 6.07 Å². The van der Waals surface area contributed by atoms with Crippen molar-refractivity contribution >= 4 is 17.6 Å². The van der Waals surface area contributed by atoms with E-state index in [4.69, 9.17) is 11.0 Å². The topological polar surface area (TPSA) is 66.9 Å². The summed E-state index contributed by atoms with van der Waals surface area (Å²) in [6.45, 7) is 0. The number of nitrogens with two attached hydrogens (primary N) is 1. The lowest BCUT2D eigenvalue weighted by Gasteiger charge is -2.01. The third kappa shape index (κ3) is 1.91. The second-order valence-corrected chi connectivity index (χ2v) is 3.31. The molecule has 62 valence electrons. The molecule has 0 saturated heterocycles. The van der Waals surface area contributed by atoms with Crippen LogP contribution in [0.1, 0.15) is 27.7 Å². The Bertz CT molecular complexity index is 313. The summed E-state index contributed by atoms with van der Waals surface area (Å²) < 4.78 is 0. The fraction of sp³-hybridized carbons (Fsp3) is 0.250. The number of rotatable bonds is 3. The van der Waals surface area contributed by atoms with Crippen LogP contribution in [0.15, 0.2) is 11.4 Å². The molecule has 0 radical (unpaired) electrons. The van der Waals surface area contributed by atoms with Gasteiger partial charge in [-0.2, -0.15) is 5.26 Å². The lowest BCUT2D eigenvalue weighted by atomic mass is 10.1. The van der Waals surface area contributed by atoms with Gasteiger partial charge in [-0.3, -0.25) is 4.79 Å². The van der Waals surface area contributed by atoms with Gasteiger partial charge in [0.15, 0.2) is 6.29 Å². The van der Waals surface area contributed by atoms with Gasteiger partial charge < -0.3 is 5.73 Å². The predicted molar refractivity (Wildman–Crippen MR) is 46.9 cm³/mol. The standard InChI is InChI=1S/C8H8N2OS/c9-2-1-8(10)6-3-7(4-11)12-5-6/h3-5,8H,1,10H2. The zero-order valence-corrected chi connectivity index (χ0v) is 7.17. The van der Waals surface area contributed by atoms with Gasteiger partial charge in [0.05, 0.1) is 17.4 Å². The molecule has 0 bridgehead atoms. The Hall–Kier alpha value is -1.18. The van der Waals surface area contributed by atoms with E-state index in [-0.39, 0.29) is 12.5 Å². The number of thiophene rings is 1. The molecule has 1 rings (SSSR count). The normalized spacial score (nSPS) is 12.0. The number of nitrogens with zero attached hydrogens (tertiary/aromatic N) is 1. The highest BCUT2D eigenvalue weighted by molar-refractivity contribution is 7.11. The van der Waals surface area contributed by atoms with Crippen molar-refractivity contribution in [2.24, 2.45) is 5.73 Å². The summed E-state index contributed by atoms with van der Waals surface area (Å²) in [4.78, 5) is 11.0. The van der Waals surface area contributed by atoms with Crippen LogP contribution in [-0.4, -0.2) is 6.29 Å². The lowest BCUT2D eigenvalue weighted by Crippen LogP contribution is -2.07. The van der Waals surface area contributed by atoms with E-state index >= 15 is 0 Å². The highest BCUT2D eigenvalue weighted by Crippen LogP contribution is 2.19. The van der Waals surface area contributed by atoms with E-state index in [0.29, 0.717) is 4.88 Å². The van der Waals surface area contributed by atoms with Crippen LogP contribution in [0.2, 0.25) is 0 Å². The lowest BCUT2D eigenvalue weighted by molar-refractivity contribution is 0.112. The quantitative estimate of drug-likeness (QED) is 0.716. The zero-order chi connectivity index (χ0) is 8.97. The molecule has 4 heteroatoms. The average Bonchev–Trinajstić information content (AvgIpc) is 2.52. The van der Waals surface area contributed by atoms with Crippen molar-refractivity contribution in [1.29, 1.82) is 5.26 Å². The molecule has 0 spiro atoms. The number of hydrogen-bond acceptors (Lipinski definition) is 4. The number of carbonyl (C=O) groups is 1. The van der Waals surface area contributed by atoms with Gasteiger partial charge >= 0.3 is 0 Å². The first-order chi connectivity index (χ1) is 5.77. The Balaban J connectivity index is 2.75. The van der Waals surface area contributed by atoms with Gasteiger partial charge in [-0.25, -0.2) is 0 Å². The first-order valence-electron chi connectivity index (χ1n) is 3.44. The molecule has 0 amide bonds. The maximum absolute atomic E-state index is 10.3. The molecule has 0 fully saturated rings. The maximum Gasteiger partial charge on any atom is 0.160 e. The Kier molecular flexibility index (Phi) is 2.97. The van der Waals surface area contributed by atoms with Gasteiger partial charge in [-0.1, -0.05) is 0 Å². The zero-order valence-electron chi connectivity index (χ0n) is 6.36. The molecule has 1 heterocycles. The second kappa shape index (κ2) is 4.00. The fourth-order valence-corrected chi connectivity index (χ4v) is 1.62. The number of carbonyl (C=O) groups excluding carboxylic acids is 1. The van der Waals surface area contributed by atoms with Crippen LogP contribution in [0.25, 0.3) is 0 Å². The van der Waals surface area contributed by atoms with Gasteiger partial charge in [0, 0.05) is 6.04 Å². The number of hydrogen-bond donors (Lipinski definition) is 1. The van der Waals surface area contributed by atoms with Crippen molar-refractivity contribution in [3.63, 3.8) is 0 Å². The predicted octanol–water partition coefficient (Wildman–Crippen LogP) is 1.47. The molecule has 3 nitrogen and oxygen atoms in total. The van der Waals surface area contributed by atoms with Crippen molar-refractivity contribution in [2.75, 3.05) is 0 Å². The van der Waals surface area contributed by atoms with E-state index in [1.807, 2.05) is 11.4 Å². The molecule has 12 heavy (non-hydrogen) atoms. The SMILES string of the molecule is N#CCC(N)c1csc(C=O)c1. The van der Waals surface area contributed by atoms with E-state index in [1.165, 1.54) is 11.3 Å². The molecule has 0 aliphatic carbocycles. The van der Waals surface area contributed by atoms with Crippen molar-refractivity contribution in [2.45, 2.75) is 12.5 Å². The largest absolute Gasteiger partial charge is 0.323 e. The summed E-state index contributed by atoms with van der Waals surface area (Å²) in [6, 6.07) is 3.44. The van der Waals surface area contributed by atoms with Gasteiger partial charge in [0.2, 0.25) is 0 Å². The van der Waals surface area contributed by atoms with Crippen LogP contribution < -0.4 is 5.73 Å². The monoisotopic (exact) mass is 180 g/mol. The van der Waals surface area contributed by atoms with Crippen LogP contribution in [0.4, 0.5) is 0 Å². The third-order valence-corrected chi connectivity index (χ3v) is 2.37. The van der Waals surface area contributed by atoms with Crippen molar-refractivity contribution in [3.05, 3.63) is 21.9 Å². The molecule has 2 N–H and O–H groups in total. The van der Waals surface area contributed by atoms with Gasteiger partial charge in [0.25, 0.3) is 0 Å². The minimum Gasteiger partial charge on any atom is -0.323 e. The van der Waals surface area contributed by atoms with Gasteiger partial charge in [0.1, 0.15) is 0 Å². The van der Waals surface area contributed by atoms with E-state index < -0.39 is 0 Å². The smallest absolute Gasteiger partial charge is 0.160 e. The summed E-state index contributed by atoms with van der Waals surface area (Å²) in [5.74, 6) is 0.